The molecule has 5 heteroatoms. The Kier molecular flexibility index (Phi) is 6.00. The van der Waals surface area contributed by atoms with Crippen LogP contribution in [-0.2, 0) is 9.53 Å². The molecule has 94 valence electrons. The number of ether oxygens (including phenoxy) is 1. The number of esters is 1. The summed E-state index contributed by atoms with van der Waals surface area (Å²) < 4.78 is 18.1. The van der Waals surface area contributed by atoms with E-state index in [2.05, 4.69) is 4.74 Å². The van der Waals surface area contributed by atoms with E-state index in [0.29, 0.717) is 24.3 Å². The van der Waals surface area contributed by atoms with Crippen LogP contribution in [0.3, 0.4) is 0 Å². The van der Waals surface area contributed by atoms with Crippen molar-refractivity contribution in [3.63, 3.8) is 0 Å². The Morgan fingerprint density at radius 3 is 2.82 bits per heavy atom. The Hall–Kier alpha value is -1.07. The largest absolute Gasteiger partial charge is 0.469 e. The minimum atomic E-state index is -0.262. The zero-order chi connectivity index (χ0) is 12.7. The highest BCUT2D eigenvalue weighted by Gasteiger charge is 2.14. The Labute approximate surface area is 105 Å². The van der Waals surface area contributed by atoms with Gasteiger partial charge < -0.3 is 10.5 Å². The number of carbonyl (C=O) groups excluding carboxylic acids is 1. The number of hydrogen-bond donors (Lipinski definition) is 1. The molecule has 1 rings (SSSR count). The second-order valence-electron chi connectivity index (χ2n) is 3.44. The normalized spacial score (nSPS) is 12.2. The van der Waals surface area contributed by atoms with Crippen LogP contribution >= 0.6 is 11.8 Å². The van der Waals surface area contributed by atoms with Crippen LogP contribution in [0.4, 0.5) is 4.39 Å². The molecule has 17 heavy (non-hydrogen) atoms. The standard InChI is InChI=1S/C12H16FNO2S/c1-16-12(15)6-7-17-11(8-14)9-4-2-3-5-10(9)13/h2-5,11H,6-8,14H2,1H3. The monoisotopic (exact) mass is 257 g/mol. The quantitative estimate of drug-likeness (QED) is 0.793. The van der Waals surface area contributed by atoms with E-state index >= 15 is 0 Å². The number of nitrogens with two attached hydrogens (primary N) is 1. The molecule has 0 saturated heterocycles. The lowest BCUT2D eigenvalue weighted by Crippen LogP contribution is -2.12. The van der Waals surface area contributed by atoms with Gasteiger partial charge in [0.05, 0.1) is 13.5 Å². The Bertz CT molecular complexity index is 373. The van der Waals surface area contributed by atoms with Crippen molar-refractivity contribution in [2.24, 2.45) is 5.73 Å². The van der Waals surface area contributed by atoms with Crippen molar-refractivity contribution in [1.29, 1.82) is 0 Å². The number of carbonyl (C=O) groups is 1. The van der Waals surface area contributed by atoms with Gasteiger partial charge in [-0.15, -0.1) is 0 Å². The molecule has 1 aromatic carbocycles. The lowest BCUT2D eigenvalue weighted by molar-refractivity contribution is -0.140. The van der Waals surface area contributed by atoms with Gasteiger partial charge >= 0.3 is 5.97 Å². The molecule has 0 aliphatic rings. The van der Waals surface area contributed by atoms with Gasteiger partial charge in [0.2, 0.25) is 0 Å². The molecular formula is C12H16FNO2S. The van der Waals surface area contributed by atoms with Gasteiger partial charge in [-0.05, 0) is 6.07 Å². The van der Waals surface area contributed by atoms with Gasteiger partial charge in [0.15, 0.2) is 0 Å². The van der Waals surface area contributed by atoms with Crippen LogP contribution in [-0.4, -0.2) is 25.4 Å². The molecule has 0 aromatic heterocycles. The van der Waals surface area contributed by atoms with E-state index in [4.69, 9.17) is 5.73 Å². The van der Waals surface area contributed by atoms with Gasteiger partial charge in [-0.2, -0.15) is 11.8 Å². The van der Waals surface area contributed by atoms with Gasteiger partial charge in [-0.3, -0.25) is 4.79 Å². The van der Waals surface area contributed by atoms with Crippen molar-refractivity contribution in [1.82, 2.24) is 0 Å². The van der Waals surface area contributed by atoms with Crippen molar-refractivity contribution in [2.45, 2.75) is 11.7 Å². The fourth-order valence-electron chi connectivity index (χ4n) is 1.41. The first-order valence-electron chi connectivity index (χ1n) is 5.32. The van der Waals surface area contributed by atoms with Crippen molar-refractivity contribution in [3.05, 3.63) is 35.6 Å². The maximum atomic E-state index is 13.5. The van der Waals surface area contributed by atoms with Gasteiger partial charge in [0, 0.05) is 23.1 Å². The molecule has 0 amide bonds. The summed E-state index contributed by atoms with van der Waals surface area (Å²) >= 11 is 1.47. The maximum Gasteiger partial charge on any atom is 0.306 e. The smallest absolute Gasteiger partial charge is 0.306 e. The zero-order valence-electron chi connectivity index (χ0n) is 9.69. The number of methoxy groups -OCH3 is 1. The topological polar surface area (TPSA) is 52.3 Å². The molecule has 1 aromatic rings. The zero-order valence-corrected chi connectivity index (χ0v) is 10.5. The molecule has 0 heterocycles. The van der Waals surface area contributed by atoms with Gasteiger partial charge in [0.1, 0.15) is 5.82 Å². The van der Waals surface area contributed by atoms with E-state index in [1.165, 1.54) is 24.9 Å². The third-order valence-electron chi connectivity index (χ3n) is 2.32. The summed E-state index contributed by atoms with van der Waals surface area (Å²) in [5, 5.41) is -0.124. The predicted molar refractivity (Wildman–Crippen MR) is 67.3 cm³/mol. The Balaban J connectivity index is 2.55. The Morgan fingerprint density at radius 2 is 2.24 bits per heavy atom. The summed E-state index contributed by atoms with van der Waals surface area (Å²) in [6.45, 7) is 0.340. The first-order valence-corrected chi connectivity index (χ1v) is 6.36. The lowest BCUT2D eigenvalue weighted by Gasteiger charge is -2.15. The third-order valence-corrected chi connectivity index (χ3v) is 3.61. The first-order chi connectivity index (χ1) is 8.19. The molecule has 0 bridgehead atoms. The summed E-state index contributed by atoms with van der Waals surface area (Å²) in [7, 11) is 1.35. The average molecular weight is 257 g/mol. The number of rotatable bonds is 6. The van der Waals surface area contributed by atoms with Crippen molar-refractivity contribution >= 4 is 17.7 Å². The molecule has 1 unspecified atom stereocenters. The molecule has 1 atom stereocenters. The van der Waals surface area contributed by atoms with Crippen LogP contribution in [0.5, 0.6) is 0 Å². The highest BCUT2D eigenvalue weighted by molar-refractivity contribution is 7.99. The molecule has 0 radical (unpaired) electrons. The molecule has 0 saturated carbocycles. The molecule has 0 aliphatic heterocycles. The molecule has 0 spiro atoms. The molecule has 2 N–H and O–H groups in total. The number of thioether (sulfide) groups is 1. The number of halogens is 1. The van der Waals surface area contributed by atoms with E-state index in [9.17, 15) is 9.18 Å². The van der Waals surface area contributed by atoms with Crippen molar-refractivity contribution in [2.75, 3.05) is 19.4 Å². The molecule has 0 aliphatic carbocycles. The average Bonchev–Trinajstić information content (AvgIpc) is 2.35. The predicted octanol–water partition coefficient (Wildman–Crippen LogP) is 2.12. The summed E-state index contributed by atoms with van der Waals surface area (Å²) in [5.74, 6) is 0.0541. The maximum absolute atomic E-state index is 13.5. The number of benzene rings is 1. The third kappa shape index (κ3) is 4.36. The molecule has 3 nitrogen and oxygen atoms in total. The van der Waals surface area contributed by atoms with Gasteiger partial charge in [0.25, 0.3) is 0 Å². The van der Waals surface area contributed by atoms with Crippen molar-refractivity contribution in [3.8, 4) is 0 Å². The Morgan fingerprint density at radius 1 is 1.53 bits per heavy atom. The lowest BCUT2D eigenvalue weighted by atomic mass is 10.1. The summed E-state index contributed by atoms with van der Waals surface area (Å²) in [6.07, 6.45) is 0.312. The van der Waals surface area contributed by atoms with Gasteiger partial charge in [-0.25, -0.2) is 4.39 Å². The van der Waals surface area contributed by atoms with Crippen LogP contribution in [0.1, 0.15) is 17.2 Å². The second kappa shape index (κ2) is 7.29. The highest BCUT2D eigenvalue weighted by Crippen LogP contribution is 2.29. The second-order valence-corrected chi connectivity index (χ2v) is 4.75. The van der Waals surface area contributed by atoms with E-state index in [1.54, 1.807) is 18.2 Å². The highest BCUT2D eigenvalue weighted by atomic mass is 32.2. The van der Waals surface area contributed by atoms with Gasteiger partial charge in [-0.1, -0.05) is 18.2 Å². The van der Waals surface area contributed by atoms with Crippen molar-refractivity contribution < 1.29 is 13.9 Å². The fraction of sp³-hybridized carbons (Fsp3) is 0.417. The first kappa shape index (κ1) is 14.0. The summed E-state index contributed by atoms with van der Waals surface area (Å²) in [5.41, 5.74) is 6.21. The van der Waals surface area contributed by atoms with E-state index in [1.807, 2.05) is 0 Å². The summed E-state index contributed by atoms with van der Waals surface area (Å²) in [6, 6.07) is 6.56. The summed E-state index contributed by atoms with van der Waals surface area (Å²) in [4.78, 5) is 10.9. The minimum Gasteiger partial charge on any atom is -0.469 e. The number of hydrogen-bond acceptors (Lipinski definition) is 4. The van der Waals surface area contributed by atoms with Crippen LogP contribution in [0.15, 0.2) is 24.3 Å². The van der Waals surface area contributed by atoms with Crippen LogP contribution < -0.4 is 5.73 Å². The van der Waals surface area contributed by atoms with E-state index in [0.717, 1.165) is 0 Å². The van der Waals surface area contributed by atoms with Crippen LogP contribution in [0, 0.1) is 5.82 Å². The molecule has 0 fully saturated rings. The van der Waals surface area contributed by atoms with Crippen LogP contribution in [0.2, 0.25) is 0 Å². The minimum absolute atomic E-state index is 0.124. The van der Waals surface area contributed by atoms with E-state index < -0.39 is 0 Å². The van der Waals surface area contributed by atoms with E-state index in [-0.39, 0.29) is 17.0 Å². The van der Waals surface area contributed by atoms with Crippen LogP contribution in [0.25, 0.3) is 0 Å². The SMILES string of the molecule is COC(=O)CCSC(CN)c1ccccc1F. The molecular weight excluding hydrogens is 241 g/mol. The fourth-order valence-corrected chi connectivity index (χ4v) is 2.48.